The Hall–Kier alpha value is -2.53. The molecule has 2 amide bonds. The van der Waals surface area contributed by atoms with Gasteiger partial charge in [0.15, 0.2) is 0 Å². The number of nitrogens with one attached hydrogen (secondary N) is 1. The van der Waals surface area contributed by atoms with Crippen molar-refractivity contribution in [3.05, 3.63) is 60.2 Å². The third kappa shape index (κ3) is 6.41. The van der Waals surface area contributed by atoms with E-state index >= 15 is 0 Å². The summed E-state index contributed by atoms with van der Waals surface area (Å²) in [7, 11) is 0. The monoisotopic (exact) mass is 355 g/mol. The molecule has 0 aliphatic rings. The lowest BCUT2D eigenvalue weighted by atomic mass is 10.2. The molecule has 0 saturated heterocycles. The second kappa shape index (κ2) is 11.2. The lowest BCUT2D eigenvalue weighted by Crippen LogP contribution is -2.40. The summed E-state index contributed by atoms with van der Waals surface area (Å²) in [4.78, 5) is 14.4. The number of para-hydroxylation sites is 2. The van der Waals surface area contributed by atoms with Gasteiger partial charge in [0, 0.05) is 19.8 Å². The van der Waals surface area contributed by atoms with Crippen LogP contribution in [-0.2, 0) is 11.3 Å². The number of rotatable bonds is 10. The van der Waals surface area contributed by atoms with Crippen LogP contribution in [-0.4, -0.2) is 25.8 Å². The highest BCUT2D eigenvalue weighted by Gasteiger charge is 2.17. The lowest BCUT2D eigenvalue weighted by molar-refractivity contribution is 0.129. The Morgan fingerprint density at radius 1 is 1.04 bits per heavy atom. The summed E-state index contributed by atoms with van der Waals surface area (Å²) in [6.07, 6.45) is 2.99. The van der Waals surface area contributed by atoms with Crippen LogP contribution in [0, 0.1) is 0 Å². The molecule has 0 aliphatic heterocycles. The molecule has 0 aromatic heterocycles. The van der Waals surface area contributed by atoms with Crippen LogP contribution in [0.15, 0.2) is 54.6 Å². The molecule has 0 saturated carbocycles. The maximum atomic E-state index is 12.8. The van der Waals surface area contributed by atoms with Gasteiger partial charge in [0.1, 0.15) is 0 Å². The molecule has 3 N–H and O–H groups in total. The van der Waals surface area contributed by atoms with Gasteiger partial charge >= 0.3 is 6.03 Å². The van der Waals surface area contributed by atoms with Crippen molar-refractivity contribution in [1.82, 2.24) is 5.32 Å². The molecule has 5 nitrogen and oxygen atoms in total. The molecule has 0 heterocycles. The zero-order chi connectivity index (χ0) is 18.6. The number of nitrogens with zero attached hydrogens (tertiary/aromatic N) is 1. The van der Waals surface area contributed by atoms with Crippen LogP contribution < -0.4 is 16.0 Å². The SMILES string of the molecule is CCCCOCCCNC(=O)N(Cc1ccccc1)c1ccccc1N. The molecule has 5 heteroatoms. The Kier molecular flexibility index (Phi) is 8.49. The Labute approximate surface area is 156 Å². The number of hydrogen-bond acceptors (Lipinski definition) is 3. The van der Waals surface area contributed by atoms with Gasteiger partial charge in [-0.2, -0.15) is 0 Å². The highest BCUT2D eigenvalue weighted by Crippen LogP contribution is 2.24. The fourth-order valence-electron chi connectivity index (χ4n) is 2.58. The van der Waals surface area contributed by atoms with Crippen molar-refractivity contribution in [3.63, 3.8) is 0 Å². The van der Waals surface area contributed by atoms with Crippen LogP contribution >= 0.6 is 0 Å². The van der Waals surface area contributed by atoms with E-state index < -0.39 is 0 Å². The van der Waals surface area contributed by atoms with E-state index in [9.17, 15) is 4.79 Å². The first-order valence-electron chi connectivity index (χ1n) is 9.24. The van der Waals surface area contributed by atoms with Crippen LogP contribution in [0.3, 0.4) is 0 Å². The predicted octanol–water partition coefficient (Wildman–Crippen LogP) is 4.19. The molecular formula is C21H29N3O2. The van der Waals surface area contributed by atoms with Crippen LogP contribution in [0.4, 0.5) is 16.2 Å². The van der Waals surface area contributed by atoms with E-state index in [1.54, 1.807) is 4.90 Å². The molecule has 0 radical (unpaired) electrons. The van der Waals surface area contributed by atoms with Crippen molar-refractivity contribution in [2.75, 3.05) is 30.4 Å². The fraction of sp³-hybridized carbons (Fsp3) is 0.381. The summed E-state index contributed by atoms with van der Waals surface area (Å²) < 4.78 is 5.53. The van der Waals surface area contributed by atoms with Crippen molar-refractivity contribution < 1.29 is 9.53 Å². The molecule has 0 atom stereocenters. The van der Waals surface area contributed by atoms with Gasteiger partial charge in [0.2, 0.25) is 0 Å². The fourth-order valence-corrected chi connectivity index (χ4v) is 2.58. The molecule has 0 unspecified atom stereocenters. The third-order valence-corrected chi connectivity index (χ3v) is 4.04. The first-order valence-corrected chi connectivity index (χ1v) is 9.24. The number of anilines is 2. The molecular weight excluding hydrogens is 326 g/mol. The van der Waals surface area contributed by atoms with Gasteiger partial charge in [0.05, 0.1) is 17.9 Å². The van der Waals surface area contributed by atoms with Crippen molar-refractivity contribution in [1.29, 1.82) is 0 Å². The molecule has 2 rings (SSSR count). The number of ether oxygens (including phenoxy) is 1. The summed E-state index contributed by atoms with van der Waals surface area (Å²) in [5.74, 6) is 0. The number of hydrogen-bond donors (Lipinski definition) is 2. The Morgan fingerprint density at radius 2 is 1.73 bits per heavy atom. The molecule has 0 fully saturated rings. The predicted molar refractivity (Wildman–Crippen MR) is 107 cm³/mol. The van der Waals surface area contributed by atoms with E-state index in [1.807, 2.05) is 54.6 Å². The number of carbonyl (C=O) groups is 1. The van der Waals surface area contributed by atoms with E-state index in [-0.39, 0.29) is 6.03 Å². The topological polar surface area (TPSA) is 67.6 Å². The van der Waals surface area contributed by atoms with E-state index in [2.05, 4.69) is 12.2 Å². The number of urea groups is 1. The summed E-state index contributed by atoms with van der Waals surface area (Å²) >= 11 is 0. The molecule has 2 aromatic carbocycles. The van der Waals surface area contributed by atoms with E-state index in [0.29, 0.717) is 31.1 Å². The van der Waals surface area contributed by atoms with Crippen LogP contribution in [0.5, 0.6) is 0 Å². The summed E-state index contributed by atoms with van der Waals surface area (Å²) in [5, 5.41) is 2.97. The third-order valence-electron chi connectivity index (χ3n) is 4.04. The van der Waals surface area contributed by atoms with Crippen molar-refractivity contribution in [3.8, 4) is 0 Å². The van der Waals surface area contributed by atoms with Gasteiger partial charge < -0.3 is 15.8 Å². The second-order valence-electron chi connectivity index (χ2n) is 6.18. The number of unbranched alkanes of at least 4 members (excludes halogenated alkanes) is 1. The van der Waals surface area contributed by atoms with Gasteiger partial charge in [-0.3, -0.25) is 4.90 Å². The minimum Gasteiger partial charge on any atom is -0.397 e. The maximum absolute atomic E-state index is 12.8. The zero-order valence-electron chi connectivity index (χ0n) is 15.5. The quantitative estimate of drug-likeness (QED) is 0.496. The lowest BCUT2D eigenvalue weighted by Gasteiger charge is -2.24. The van der Waals surface area contributed by atoms with Crippen LogP contribution in [0.25, 0.3) is 0 Å². The van der Waals surface area contributed by atoms with E-state index in [0.717, 1.165) is 31.4 Å². The standard InChI is InChI=1S/C21H29N3O2/c1-2-3-15-26-16-9-14-23-21(25)24(17-18-10-5-4-6-11-18)20-13-8-7-12-19(20)22/h4-8,10-13H,2-3,9,14-17,22H2,1H3,(H,23,25). The van der Waals surface area contributed by atoms with Crippen molar-refractivity contribution in [2.24, 2.45) is 0 Å². The van der Waals surface area contributed by atoms with Crippen LogP contribution in [0.2, 0.25) is 0 Å². The average Bonchev–Trinajstić information content (AvgIpc) is 2.67. The smallest absolute Gasteiger partial charge is 0.322 e. The first-order chi connectivity index (χ1) is 12.7. The maximum Gasteiger partial charge on any atom is 0.322 e. The number of benzene rings is 2. The Morgan fingerprint density at radius 3 is 2.46 bits per heavy atom. The molecule has 2 aromatic rings. The van der Waals surface area contributed by atoms with Gasteiger partial charge in [-0.25, -0.2) is 4.79 Å². The molecule has 0 spiro atoms. The summed E-state index contributed by atoms with van der Waals surface area (Å²) in [6, 6.07) is 17.2. The van der Waals surface area contributed by atoms with Crippen molar-refractivity contribution >= 4 is 17.4 Å². The summed E-state index contributed by atoms with van der Waals surface area (Å²) in [5.41, 5.74) is 8.44. The zero-order valence-corrected chi connectivity index (χ0v) is 15.5. The molecule has 0 bridgehead atoms. The molecule has 140 valence electrons. The minimum atomic E-state index is -0.152. The minimum absolute atomic E-state index is 0.152. The number of nitrogen functional groups attached to an aromatic ring is 1. The molecule has 26 heavy (non-hydrogen) atoms. The normalized spacial score (nSPS) is 10.5. The summed E-state index contributed by atoms with van der Waals surface area (Å²) in [6.45, 7) is 4.62. The number of carbonyl (C=O) groups excluding carboxylic acids is 1. The highest BCUT2D eigenvalue weighted by molar-refractivity contribution is 5.95. The largest absolute Gasteiger partial charge is 0.397 e. The van der Waals surface area contributed by atoms with Gasteiger partial charge in [-0.1, -0.05) is 55.8 Å². The number of nitrogens with two attached hydrogens (primary N) is 1. The van der Waals surface area contributed by atoms with Gasteiger partial charge in [0.25, 0.3) is 0 Å². The second-order valence-corrected chi connectivity index (χ2v) is 6.18. The van der Waals surface area contributed by atoms with Crippen LogP contribution in [0.1, 0.15) is 31.7 Å². The van der Waals surface area contributed by atoms with E-state index in [4.69, 9.17) is 10.5 Å². The number of amides is 2. The van der Waals surface area contributed by atoms with Gasteiger partial charge in [-0.05, 0) is 30.5 Å². The Balaban J connectivity index is 1.95. The molecule has 0 aliphatic carbocycles. The van der Waals surface area contributed by atoms with Gasteiger partial charge in [-0.15, -0.1) is 0 Å². The Bertz CT molecular complexity index is 661. The van der Waals surface area contributed by atoms with Crippen molar-refractivity contribution in [2.45, 2.75) is 32.7 Å². The first kappa shape index (κ1) is 19.8. The highest BCUT2D eigenvalue weighted by atomic mass is 16.5. The van der Waals surface area contributed by atoms with E-state index in [1.165, 1.54) is 0 Å². The average molecular weight is 355 g/mol.